The number of amides is 2. The van der Waals surface area contributed by atoms with Crippen molar-refractivity contribution in [1.29, 1.82) is 0 Å². The van der Waals surface area contributed by atoms with Gasteiger partial charge in [0.05, 0.1) is 17.4 Å². The Morgan fingerprint density at radius 2 is 2.00 bits per heavy atom. The second kappa shape index (κ2) is 7.59. The highest BCUT2D eigenvalue weighted by Crippen LogP contribution is 2.40. The fourth-order valence-electron chi connectivity index (χ4n) is 4.80. The number of piperidine rings is 1. The van der Waals surface area contributed by atoms with E-state index in [-0.39, 0.29) is 6.03 Å². The Balaban J connectivity index is 1.24. The summed E-state index contributed by atoms with van der Waals surface area (Å²) in [7, 11) is 0. The number of anilines is 2. The van der Waals surface area contributed by atoms with E-state index in [0.29, 0.717) is 23.7 Å². The van der Waals surface area contributed by atoms with Gasteiger partial charge in [0.2, 0.25) is 0 Å². The molecule has 2 aromatic carbocycles. The van der Waals surface area contributed by atoms with Crippen molar-refractivity contribution < 1.29 is 4.79 Å². The first-order valence-corrected chi connectivity index (χ1v) is 10.6. The summed E-state index contributed by atoms with van der Waals surface area (Å²) in [5, 5.41) is 14.3. The molecular formula is C22H24ClN5O. The normalized spacial score (nSPS) is 20.8. The van der Waals surface area contributed by atoms with Gasteiger partial charge in [0.15, 0.2) is 0 Å². The quantitative estimate of drug-likeness (QED) is 0.564. The van der Waals surface area contributed by atoms with Crippen molar-refractivity contribution >= 4 is 39.9 Å². The van der Waals surface area contributed by atoms with Gasteiger partial charge in [-0.05, 0) is 61.9 Å². The van der Waals surface area contributed by atoms with Crippen LogP contribution in [0.3, 0.4) is 0 Å². The highest BCUT2D eigenvalue weighted by Gasteiger charge is 2.36. The number of aromatic nitrogens is 2. The van der Waals surface area contributed by atoms with Gasteiger partial charge in [-0.2, -0.15) is 5.10 Å². The van der Waals surface area contributed by atoms with Crippen LogP contribution in [0.5, 0.6) is 0 Å². The van der Waals surface area contributed by atoms with Crippen molar-refractivity contribution in [2.45, 2.75) is 50.7 Å². The number of halogens is 1. The molecule has 5 rings (SSSR count). The van der Waals surface area contributed by atoms with Gasteiger partial charge in [0, 0.05) is 34.7 Å². The van der Waals surface area contributed by atoms with E-state index in [4.69, 9.17) is 11.6 Å². The molecule has 1 aromatic heterocycles. The maximum Gasteiger partial charge on any atom is 0.319 e. The topological polar surface area (TPSA) is 73.1 Å². The molecule has 2 aliphatic rings. The third-order valence-corrected chi connectivity index (χ3v) is 6.55. The Kier molecular flexibility index (Phi) is 4.79. The van der Waals surface area contributed by atoms with Gasteiger partial charge < -0.3 is 15.5 Å². The Bertz CT molecular complexity index is 1030. The van der Waals surface area contributed by atoms with Gasteiger partial charge >= 0.3 is 6.03 Å². The molecule has 7 heteroatoms. The van der Waals surface area contributed by atoms with Crippen LogP contribution in [-0.2, 0) is 6.54 Å². The first kappa shape index (κ1) is 18.3. The van der Waals surface area contributed by atoms with Crippen LogP contribution < -0.4 is 15.5 Å². The van der Waals surface area contributed by atoms with E-state index in [1.807, 2.05) is 24.3 Å². The molecule has 0 aliphatic carbocycles. The number of carbonyl (C=O) groups is 1. The van der Waals surface area contributed by atoms with Gasteiger partial charge in [-0.3, -0.25) is 5.10 Å². The summed E-state index contributed by atoms with van der Waals surface area (Å²) >= 11 is 6.56. The predicted molar refractivity (Wildman–Crippen MR) is 117 cm³/mol. The molecule has 3 N–H and O–H groups in total. The molecule has 0 spiro atoms. The van der Waals surface area contributed by atoms with E-state index >= 15 is 0 Å². The molecule has 0 saturated carbocycles. The average Bonchev–Trinajstić information content (AvgIpc) is 3.29. The van der Waals surface area contributed by atoms with Crippen LogP contribution in [-0.4, -0.2) is 28.3 Å². The third-order valence-electron chi connectivity index (χ3n) is 6.20. The number of nitrogens with zero attached hydrogens (tertiary/aromatic N) is 2. The van der Waals surface area contributed by atoms with Gasteiger partial charge in [-0.1, -0.05) is 23.7 Å². The predicted octanol–water partition coefficient (Wildman–Crippen LogP) is 5.06. The van der Waals surface area contributed by atoms with Crippen LogP contribution in [0.15, 0.2) is 42.6 Å². The molecule has 2 atom stereocenters. The van der Waals surface area contributed by atoms with Crippen molar-refractivity contribution in [3.05, 3.63) is 53.2 Å². The average molecular weight is 410 g/mol. The van der Waals surface area contributed by atoms with Crippen LogP contribution in [0.25, 0.3) is 10.9 Å². The van der Waals surface area contributed by atoms with E-state index in [0.717, 1.165) is 22.2 Å². The molecule has 29 heavy (non-hydrogen) atoms. The minimum atomic E-state index is -0.270. The van der Waals surface area contributed by atoms with Crippen molar-refractivity contribution in [2.24, 2.45) is 0 Å². The number of H-pyrrole nitrogens is 1. The van der Waals surface area contributed by atoms with Crippen molar-refractivity contribution in [3.8, 4) is 0 Å². The van der Waals surface area contributed by atoms with E-state index in [9.17, 15) is 4.79 Å². The number of urea groups is 1. The maximum absolute atomic E-state index is 12.4. The fraction of sp³-hybridized carbons (Fsp3) is 0.364. The molecule has 2 amide bonds. The van der Waals surface area contributed by atoms with Crippen molar-refractivity contribution in [3.63, 3.8) is 0 Å². The maximum atomic E-state index is 12.4. The Hall–Kier alpha value is -2.73. The number of benzene rings is 2. The van der Waals surface area contributed by atoms with Crippen molar-refractivity contribution in [1.82, 2.24) is 15.5 Å². The number of hydrogen-bond acceptors (Lipinski definition) is 3. The Labute approximate surface area is 174 Å². The summed E-state index contributed by atoms with van der Waals surface area (Å²) in [6, 6.07) is 12.9. The van der Waals surface area contributed by atoms with Crippen LogP contribution in [0.2, 0.25) is 5.02 Å². The van der Waals surface area contributed by atoms with Crippen LogP contribution >= 0.6 is 11.6 Å². The largest absolute Gasteiger partial charge is 0.366 e. The highest BCUT2D eigenvalue weighted by atomic mass is 35.5. The van der Waals surface area contributed by atoms with E-state index in [1.165, 1.54) is 37.8 Å². The Morgan fingerprint density at radius 1 is 1.17 bits per heavy atom. The molecule has 2 aliphatic heterocycles. The summed E-state index contributed by atoms with van der Waals surface area (Å²) in [5.41, 5.74) is 3.72. The first-order valence-electron chi connectivity index (χ1n) is 10.2. The number of nitrogens with one attached hydrogen (secondary N) is 3. The molecule has 3 heterocycles. The molecule has 150 valence electrons. The molecular weight excluding hydrogens is 386 g/mol. The van der Waals surface area contributed by atoms with Gasteiger partial charge in [0.1, 0.15) is 0 Å². The zero-order valence-electron chi connectivity index (χ0n) is 16.1. The lowest BCUT2D eigenvalue weighted by Gasteiger charge is -2.37. The number of aromatic amines is 1. The van der Waals surface area contributed by atoms with E-state index in [1.54, 1.807) is 6.20 Å². The molecule has 0 radical (unpaired) electrons. The summed E-state index contributed by atoms with van der Waals surface area (Å²) in [6.45, 7) is 0.374. The summed E-state index contributed by atoms with van der Waals surface area (Å²) in [4.78, 5) is 14.9. The Morgan fingerprint density at radius 3 is 2.79 bits per heavy atom. The molecule has 3 aromatic rings. The SMILES string of the molecule is O=C(NCc1ccc(N2C3CCCC2CC3)cc1Cl)Nc1cccc2[nH]ncc12. The number of rotatable bonds is 4. The molecule has 2 unspecified atom stereocenters. The van der Waals surface area contributed by atoms with Crippen LogP contribution in [0.4, 0.5) is 16.2 Å². The van der Waals surface area contributed by atoms with Crippen LogP contribution in [0, 0.1) is 0 Å². The van der Waals surface area contributed by atoms with Gasteiger partial charge in [0.25, 0.3) is 0 Å². The standard InChI is InChI=1S/C22H24ClN5O/c23-19-11-17(28-15-3-1-4-16(28)10-9-15)8-7-14(19)12-24-22(29)26-20-5-2-6-21-18(20)13-25-27-21/h2,5-8,11,13,15-16H,1,3-4,9-10,12H2,(H,25,27)(H2,24,26,29). The smallest absolute Gasteiger partial charge is 0.319 e. The van der Waals surface area contributed by atoms with Gasteiger partial charge in [-0.25, -0.2) is 4.79 Å². The third kappa shape index (κ3) is 3.53. The van der Waals surface area contributed by atoms with Crippen LogP contribution in [0.1, 0.15) is 37.7 Å². The molecule has 6 nitrogen and oxygen atoms in total. The lowest BCUT2D eigenvalue weighted by Crippen LogP contribution is -2.39. The lowest BCUT2D eigenvalue weighted by atomic mass is 10.0. The monoisotopic (exact) mass is 409 g/mol. The second-order valence-corrected chi connectivity index (χ2v) is 8.35. The summed E-state index contributed by atoms with van der Waals surface area (Å²) < 4.78 is 0. The van der Waals surface area contributed by atoms with E-state index in [2.05, 4.69) is 37.9 Å². The highest BCUT2D eigenvalue weighted by molar-refractivity contribution is 6.31. The van der Waals surface area contributed by atoms with Gasteiger partial charge in [-0.15, -0.1) is 0 Å². The zero-order valence-corrected chi connectivity index (χ0v) is 16.9. The molecule has 2 fully saturated rings. The number of fused-ring (bicyclic) bond motifs is 3. The fourth-order valence-corrected chi connectivity index (χ4v) is 5.04. The lowest BCUT2D eigenvalue weighted by molar-refractivity contribution is 0.252. The minimum Gasteiger partial charge on any atom is -0.366 e. The van der Waals surface area contributed by atoms with E-state index < -0.39 is 0 Å². The molecule has 2 saturated heterocycles. The number of carbonyl (C=O) groups excluding carboxylic acids is 1. The second-order valence-electron chi connectivity index (χ2n) is 7.94. The number of hydrogen-bond donors (Lipinski definition) is 3. The molecule has 2 bridgehead atoms. The zero-order chi connectivity index (χ0) is 19.8. The first-order chi connectivity index (χ1) is 14.2. The minimum absolute atomic E-state index is 0.270. The summed E-state index contributed by atoms with van der Waals surface area (Å²) in [5.74, 6) is 0. The van der Waals surface area contributed by atoms with Crippen molar-refractivity contribution in [2.75, 3.05) is 10.2 Å². The summed E-state index contributed by atoms with van der Waals surface area (Å²) in [6.07, 6.45) is 8.17.